The number of nitrogens with zero attached hydrogens (tertiary/aromatic N) is 1. The third-order valence-corrected chi connectivity index (χ3v) is 2.59. The Morgan fingerprint density at radius 1 is 1.56 bits per heavy atom. The Balaban J connectivity index is 2.24. The van der Waals surface area contributed by atoms with Crippen LogP contribution in [0.1, 0.15) is 12.0 Å². The molecule has 0 aromatic carbocycles. The molecule has 1 rings (SSSR count). The van der Waals surface area contributed by atoms with Gasteiger partial charge in [-0.1, -0.05) is 6.08 Å². The molecule has 1 aromatic heterocycles. The van der Waals surface area contributed by atoms with E-state index in [1.54, 1.807) is 0 Å². The second-order valence-electron chi connectivity index (χ2n) is 3.46. The summed E-state index contributed by atoms with van der Waals surface area (Å²) < 4.78 is 6.37. The lowest BCUT2D eigenvalue weighted by Gasteiger charge is -2.08. The van der Waals surface area contributed by atoms with E-state index in [1.807, 2.05) is 25.3 Å². The number of rotatable bonds is 7. The second-order valence-corrected chi connectivity index (χ2v) is 4.31. The van der Waals surface area contributed by atoms with Crippen LogP contribution in [0.5, 0.6) is 0 Å². The van der Waals surface area contributed by atoms with E-state index in [-0.39, 0.29) is 0 Å². The number of anilines is 1. The van der Waals surface area contributed by atoms with Crippen LogP contribution in [0.2, 0.25) is 0 Å². The fraction of sp³-hybridized carbons (Fsp3) is 0.417. The molecule has 0 bridgehead atoms. The van der Waals surface area contributed by atoms with Gasteiger partial charge in [0.2, 0.25) is 0 Å². The van der Waals surface area contributed by atoms with E-state index < -0.39 is 0 Å². The van der Waals surface area contributed by atoms with Gasteiger partial charge in [0.1, 0.15) is 5.82 Å². The molecule has 0 amide bonds. The summed E-state index contributed by atoms with van der Waals surface area (Å²) >= 11 is 3.46. The van der Waals surface area contributed by atoms with Gasteiger partial charge in [0.15, 0.2) is 0 Å². The lowest BCUT2D eigenvalue weighted by Crippen LogP contribution is -2.11. The molecule has 1 heterocycles. The van der Waals surface area contributed by atoms with Crippen molar-refractivity contribution >= 4 is 21.7 Å². The predicted molar refractivity (Wildman–Crippen MR) is 70.8 cm³/mol. The summed E-state index contributed by atoms with van der Waals surface area (Å²) in [5.74, 6) is 0.859. The Bertz CT molecular complexity index is 342. The Hall–Kier alpha value is -0.870. The summed E-state index contributed by atoms with van der Waals surface area (Å²) in [5.41, 5.74) is 1.14. The first-order valence-electron chi connectivity index (χ1n) is 5.28. The highest BCUT2D eigenvalue weighted by Gasteiger charge is 1.99. The predicted octanol–water partition coefficient (Wildman–Crippen LogP) is 3.16. The number of hydrogen-bond acceptors (Lipinski definition) is 3. The second kappa shape index (κ2) is 7.41. The molecule has 1 aromatic rings. The summed E-state index contributed by atoms with van der Waals surface area (Å²) in [4.78, 5) is 4.28. The molecule has 0 aliphatic carbocycles. The van der Waals surface area contributed by atoms with Crippen molar-refractivity contribution in [2.45, 2.75) is 13.3 Å². The fourth-order valence-electron chi connectivity index (χ4n) is 1.17. The van der Waals surface area contributed by atoms with Gasteiger partial charge < -0.3 is 10.1 Å². The normalized spacial score (nSPS) is 10.1. The molecule has 0 radical (unpaired) electrons. The van der Waals surface area contributed by atoms with Crippen LogP contribution in [0, 0.1) is 6.92 Å². The van der Waals surface area contributed by atoms with Crippen molar-refractivity contribution in [3.63, 3.8) is 0 Å². The average Bonchev–Trinajstić information content (AvgIpc) is 2.26. The van der Waals surface area contributed by atoms with Crippen LogP contribution in [-0.4, -0.2) is 24.7 Å². The molecule has 4 heteroatoms. The van der Waals surface area contributed by atoms with Gasteiger partial charge in [0, 0.05) is 12.7 Å². The van der Waals surface area contributed by atoms with E-state index in [2.05, 4.69) is 32.8 Å². The zero-order chi connectivity index (χ0) is 11.8. The Labute approximate surface area is 105 Å². The van der Waals surface area contributed by atoms with Gasteiger partial charge in [-0.05, 0) is 40.9 Å². The number of hydrogen-bond donors (Lipinski definition) is 1. The van der Waals surface area contributed by atoms with Crippen LogP contribution in [0.15, 0.2) is 29.4 Å². The first-order valence-corrected chi connectivity index (χ1v) is 6.08. The van der Waals surface area contributed by atoms with Crippen LogP contribution in [-0.2, 0) is 4.74 Å². The van der Waals surface area contributed by atoms with Gasteiger partial charge in [0.25, 0.3) is 0 Å². The fourth-order valence-corrected chi connectivity index (χ4v) is 1.78. The molecule has 16 heavy (non-hydrogen) atoms. The van der Waals surface area contributed by atoms with Crippen LogP contribution in [0.3, 0.4) is 0 Å². The van der Waals surface area contributed by atoms with Gasteiger partial charge >= 0.3 is 0 Å². The molecule has 88 valence electrons. The summed E-state index contributed by atoms with van der Waals surface area (Å²) in [7, 11) is 0. The molecule has 0 fully saturated rings. The molecule has 0 atom stereocenters. The molecule has 1 N–H and O–H groups in total. The van der Waals surface area contributed by atoms with E-state index >= 15 is 0 Å². The SMILES string of the molecule is C=CCCOCCNc1ncc(C)cc1Br. The molecule has 0 saturated carbocycles. The topological polar surface area (TPSA) is 34.1 Å². The minimum absolute atomic E-state index is 0.676. The molecule has 0 unspecified atom stereocenters. The van der Waals surface area contributed by atoms with E-state index in [0.717, 1.165) is 35.4 Å². The minimum atomic E-state index is 0.676. The van der Waals surface area contributed by atoms with Crippen molar-refractivity contribution < 1.29 is 4.74 Å². The minimum Gasteiger partial charge on any atom is -0.379 e. The number of halogens is 1. The average molecular weight is 285 g/mol. The smallest absolute Gasteiger partial charge is 0.140 e. The van der Waals surface area contributed by atoms with E-state index in [4.69, 9.17) is 4.74 Å². The van der Waals surface area contributed by atoms with Crippen molar-refractivity contribution in [1.29, 1.82) is 0 Å². The van der Waals surface area contributed by atoms with Crippen LogP contribution < -0.4 is 5.32 Å². The molecular formula is C12H17BrN2O. The largest absolute Gasteiger partial charge is 0.379 e. The highest BCUT2D eigenvalue weighted by molar-refractivity contribution is 9.10. The molecule has 0 saturated heterocycles. The molecule has 0 aliphatic rings. The van der Waals surface area contributed by atoms with Gasteiger partial charge in [0.05, 0.1) is 17.7 Å². The van der Waals surface area contributed by atoms with Crippen molar-refractivity contribution in [3.05, 3.63) is 35.0 Å². The van der Waals surface area contributed by atoms with Crippen LogP contribution in [0.25, 0.3) is 0 Å². The number of aromatic nitrogens is 1. The summed E-state index contributed by atoms with van der Waals surface area (Å²) in [5, 5.41) is 3.21. The maximum atomic E-state index is 5.38. The van der Waals surface area contributed by atoms with E-state index in [0.29, 0.717) is 6.61 Å². The third-order valence-electron chi connectivity index (χ3n) is 1.98. The van der Waals surface area contributed by atoms with Gasteiger partial charge in [-0.15, -0.1) is 6.58 Å². The lowest BCUT2D eigenvalue weighted by atomic mass is 10.3. The number of aryl methyl sites for hydroxylation is 1. The molecule has 0 spiro atoms. The maximum Gasteiger partial charge on any atom is 0.140 e. The standard InChI is InChI=1S/C12H17BrN2O/c1-3-4-6-16-7-5-14-12-11(13)8-10(2)9-15-12/h3,8-9H,1,4-7H2,2H3,(H,14,15). The van der Waals surface area contributed by atoms with Gasteiger partial charge in [-0.2, -0.15) is 0 Å². The van der Waals surface area contributed by atoms with Crippen molar-refractivity contribution in [3.8, 4) is 0 Å². The van der Waals surface area contributed by atoms with Gasteiger partial charge in [-0.3, -0.25) is 0 Å². The first kappa shape index (κ1) is 13.2. The Morgan fingerprint density at radius 2 is 2.38 bits per heavy atom. The maximum absolute atomic E-state index is 5.38. The van der Waals surface area contributed by atoms with Crippen molar-refractivity contribution in [2.24, 2.45) is 0 Å². The van der Waals surface area contributed by atoms with E-state index in [1.165, 1.54) is 0 Å². The monoisotopic (exact) mass is 284 g/mol. The zero-order valence-electron chi connectivity index (χ0n) is 9.50. The third kappa shape index (κ3) is 4.77. The highest BCUT2D eigenvalue weighted by atomic mass is 79.9. The Kier molecular flexibility index (Phi) is 6.11. The lowest BCUT2D eigenvalue weighted by molar-refractivity contribution is 0.149. The summed E-state index contributed by atoms with van der Waals surface area (Å²) in [6, 6.07) is 2.04. The zero-order valence-corrected chi connectivity index (χ0v) is 11.1. The van der Waals surface area contributed by atoms with Crippen molar-refractivity contribution in [1.82, 2.24) is 4.98 Å². The number of nitrogens with one attached hydrogen (secondary N) is 1. The summed E-state index contributed by atoms with van der Waals surface area (Å²) in [6.45, 7) is 7.81. The highest BCUT2D eigenvalue weighted by Crippen LogP contribution is 2.19. The quantitative estimate of drug-likeness (QED) is 0.617. The molecular weight excluding hydrogens is 268 g/mol. The molecule has 3 nitrogen and oxygen atoms in total. The first-order chi connectivity index (χ1) is 7.74. The van der Waals surface area contributed by atoms with Crippen LogP contribution >= 0.6 is 15.9 Å². The molecule has 0 aliphatic heterocycles. The Morgan fingerprint density at radius 3 is 3.06 bits per heavy atom. The number of ether oxygens (including phenoxy) is 1. The van der Waals surface area contributed by atoms with E-state index in [9.17, 15) is 0 Å². The van der Waals surface area contributed by atoms with Gasteiger partial charge in [-0.25, -0.2) is 4.98 Å². The van der Waals surface area contributed by atoms with Crippen molar-refractivity contribution in [2.75, 3.05) is 25.1 Å². The number of pyridine rings is 1. The van der Waals surface area contributed by atoms with Crippen LogP contribution in [0.4, 0.5) is 5.82 Å². The summed E-state index contributed by atoms with van der Waals surface area (Å²) in [6.07, 6.45) is 4.59.